The Hall–Kier alpha value is -2.12. The van der Waals surface area contributed by atoms with Crippen molar-refractivity contribution in [2.75, 3.05) is 13.2 Å². The van der Waals surface area contributed by atoms with Crippen LogP contribution < -0.4 is 0 Å². The lowest BCUT2D eigenvalue weighted by Gasteiger charge is -2.21. The second-order valence-corrected chi connectivity index (χ2v) is 5.30. The molecule has 0 saturated carbocycles. The van der Waals surface area contributed by atoms with Gasteiger partial charge in [0, 0.05) is 40.5 Å². The van der Waals surface area contributed by atoms with Crippen molar-refractivity contribution in [3.05, 3.63) is 0 Å². The first-order chi connectivity index (χ1) is 11.2. The monoisotopic (exact) mass is 346 g/mol. The summed E-state index contributed by atoms with van der Waals surface area (Å²) >= 11 is 0. The Morgan fingerprint density at radius 1 is 0.583 bits per heavy atom. The van der Waals surface area contributed by atoms with E-state index in [1.807, 2.05) is 0 Å². The molecule has 0 aliphatic heterocycles. The van der Waals surface area contributed by atoms with Crippen LogP contribution in [-0.2, 0) is 38.1 Å². The molecule has 8 nitrogen and oxygen atoms in total. The van der Waals surface area contributed by atoms with E-state index in [1.165, 1.54) is 27.7 Å². The largest absolute Gasteiger partial charge is 0.466 e. The van der Waals surface area contributed by atoms with Crippen LogP contribution in [0.3, 0.4) is 0 Å². The zero-order valence-electron chi connectivity index (χ0n) is 14.7. The zero-order chi connectivity index (χ0) is 18.5. The van der Waals surface area contributed by atoms with E-state index >= 15 is 0 Å². The van der Waals surface area contributed by atoms with E-state index in [4.69, 9.17) is 18.9 Å². The van der Waals surface area contributed by atoms with Crippen molar-refractivity contribution >= 4 is 23.9 Å². The van der Waals surface area contributed by atoms with Gasteiger partial charge in [0.1, 0.15) is 12.2 Å². The molecule has 0 N–H and O–H groups in total. The van der Waals surface area contributed by atoms with E-state index in [1.54, 1.807) is 0 Å². The molecule has 0 saturated heterocycles. The van der Waals surface area contributed by atoms with E-state index < -0.39 is 36.1 Å². The van der Waals surface area contributed by atoms with E-state index in [9.17, 15) is 19.2 Å². The molecule has 0 aliphatic carbocycles. The number of ether oxygens (including phenoxy) is 4. The van der Waals surface area contributed by atoms with E-state index in [0.29, 0.717) is 25.7 Å². The molecule has 0 heterocycles. The average Bonchev–Trinajstić information content (AvgIpc) is 2.42. The quantitative estimate of drug-likeness (QED) is 0.410. The van der Waals surface area contributed by atoms with Gasteiger partial charge in [0.25, 0.3) is 0 Å². The molecule has 0 amide bonds. The number of carbonyl (C=O) groups is 4. The Morgan fingerprint density at radius 3 is 1.17 bits per heavy atom. The third-order valence-corrected chi connectivity index (χ3v) is 2.97. The van der Waals surface area contributed by atoms with Gasteiger partial charge in [0.05, 0.1) is 13.2 Å². The second-order valence-electron chi connectivity index (χ2n) is 5.30. The summed E-state index contributed by atoms with van der Waals surface area (Å²) in [6.45, 7) is 5.46. The van der Waals surface area contributed by atoms with Crippen LogP contribution in [0.5, 0.6) is 0 Å². The van der Waals surface area contributed by atoms with Gasteiger partial charge in [0.15, 0.2) is 0 Å². The van der Waals surface area contributed by atoms with Gasteiger partial charge in [-0.15, -0.1) is 0 Å². The fraction of sp³-hybridized carbons (Fsp3) is 0.750. The van der Waals surface area contributed by atoms with Gasteiger partial charge >= 0.3 is 23.9 Å². The molecule has 2 unspecified atom stereocenters. The summed E-state index contributed by atoms with van der Waals surface area (Å²) < 4.78 is 20.0. The smallest absolute Gasteiger partial charge is 0.302 e. The van der Waals surface area contributed by atoms with E-state index in [-0.39, 0.29) is 13.2 Å². The van der Waals surface area contributed by atoms with Crippen molar-refractivity contribution in [2.45, 2.75) is 65.6 Å². The first kappa shape index (κ1) is 21.9. The topological polar surface area (TPSA) is 105 Å². The van der Waals surface area contributed by atoms with Gasteiger partial charge in [0.2, 0.25) is 0 Å². The van der Waals surface area contributed by atoms with Crippen molar-refractivity contribution in [1.82, 2.24) is 0 Å². The van der Waals surface area contributed by atoms with Crippen molar-refractivity contribution in [3.8, 4) is 0 Å². The molecule has 138 valence electrons. The van der Waals surface area contributed by atoms with Gasteiger partial charge in [-0.3, -0.25) is 19.2 Å². The normalized spacial score (nSPS) is 12.7. The van der Waals surface area contributed by atoms with Gasteiger partial charge < -0.3 is 18.9 Å². The number of rotatable bonds is 11. The standard InChI is InChI=1S/C16H26O8/c1-11(17)21-9-7-15(23-13(3)19)5-6-16(24-14(4)20)8-10-22-12(2)18/h15-16H,5-10H2,1-4H3. The van der Waals surface area contributed by atoms with Crippen LogP contribution in [0.2, 0.25) is 0 Å². The highest BCUT2D eigenvalue weighted by Crippen LogP contribution is 2.15. The van der Waals surface area contributed by atoms with Gasteiger partial charge in [-0.05, 0) is 12.8 Å². The van der Waals surface area contributed by atoms with Crippen LogP contribution in [0.4, 0.5) is 0 Å². The third kappa shape index (κ3) is 13.5. The van der Waals surface area contributed by atoms with Crippen LogP contribution in [0, 0.1) is 0 Å². The van der Waals surface area contributed by atoms with E-state index in [0.717, 1.165) is 0 Å². The molecule has 0 aliphatic rings. The van der Waals surface area contributed by atoms with Crippen LogP contribution in [0.25, 0.3) is 0 Å². The maximum absolute atomic E-state index is 11.1. The Morgan fingerprint density at radius 2 is 0.917 bits per heavy atom. The number of carbonyl (C=O) groups excluding carboxylic acids is 4. The molecule has 0 aromatic carbocycles. The predicted molar refractivity (Wildman–Crippen MR) is 82.8 cm³/mol. The highest BCUT2D eigenvalue weighted by atomic mass is 16.6. The number of esters is 4. The van der Waals surface area contributed by atoms with Crippen LogP contribution >= 0.6 is 0 Å². The minimum Gasteiger partial charge on any atom is -0.466 e. The molecule has 0 bridgehead atoms. The summed E-state index contributed by atoms with van der Waals surface area (Å²) in [5.74, 6) is -1.69. The van der Waals surface area contributed by atoms with Crippen molar-refractivity contribution in [1.29, 1.82) is 0 Å². The summed E-state index contributed by atoms with van der Waals surface area (Å²) in [5.41, 5.74) is 0. The summed E-state index contributed by atoms with van der Waals surface area (Å²) in [6, 6.07) is 0. The number of hydrogen-bond donors (Lipinski definition) is 0. The zero-order valence-corrected chi connectivity index (χ0v) is 14.7. The van der Waals surface area contributed by atoms with Gasteiger partial charge in [-0.2, -0.15) is 0 Å². The first-order valence-electron chi connectivity index (χ1n) is 7.81. The van der Waals surface area contributed by atoms with Gasteiger partial charge in [-0.25, -0.2) is 0 Å². The lowest BCUT2D eigenvalue weighted by Crippen LogP contribution is -2.24. The van der Waals surface area contributed by atoms with Crippen molar-refractivity contribution < 1.29 is 38.1 Å². The average molecular weight is 346 g/mol. The molecule has 0 fully saturated rings. The first-order valence-corrected chi connectivity index (χ1v) is 7.81. The SMILES string of the molecule is CC(=O)OCCC(CCC(CCOC(C)=O)OC(C)=O)OC(C)=O. The summed E-state index contributed by atoms with van der Waals surface area (Å²) in [7, 11) is 0. The minimum absolute atomic E-state index is 0.138. The second kappa shape index (κ2) is 12.3. The van der Waals surface area contributed by atoms with Crippen molar-refractivity contribution in [3.63, 3.8) is 0 Å². The van der Waals surface area contributed by atoms with Crippen LogP contribution in [-0.4, -0.2) is 49.3 Å². The third-order valence-electron chi connectivity index (χ3n) is 2.97. The Balaban J connectivity index is 4.45. The molecule has 0 radical (unpaired) electrons. The van der Waals surface area contributed by atoms with E-state index in [2.05, 4.69) is 0 Å². The number of hydrogen-bond acceptors (Lipinski definition) is 8. The lowest BCUT2D eigenvalue weighted by atomic mass is 10.1. The molecule has 24 heavy (non-hydrogen) atoms. The molecule has 0 rings (SSSR count). The molecular weight excluding hydrogens is 320 g/mol. The molecule has 0 spiro atoms. The molecule has 2 atom stereocenters. The highest BCUT2D eigenvalue weighted by Gasteiger charge is 2.19. The molecular formula is C16H26O8. The van der Waals surface area contributed by atoms with Gasteiger partial charge in [-0.1, -0.05) is 0 Å². The maximum Gasteiger partial charge on any atom is 0.302 e. The minimum atomic E-state index is -0.450. The van der Waals surface area contributed by atoms with Crippen molar-refractivity contribution in [2.24, 2.45) is 0 Å². The van der Waals surface area contributed by atoms with Crippen LogP contribution in [0.1, 0.15) is 53.4 Å². The fourth-order valence-electron chi connectivity index (χ4n) is 2.03. The fourth-order valence-corrected chi connectivity index (χ4v) is 2.03. The summed E-state index contributed by atoms with van der Waals surface area (Å²) in [6.07, 6.45) is 0.672. The Labute approximate surface area is 141 Å². The molecule has 0 aromatic rings. The summed E-state index contributed by atoms with van der Waals surface area (Å²) in [5, 5.41) is 0. The Kier molecular flexibility index (Phi) is 11.2. The maximum atomic E-state index is 11.1. The lowest BCUT2D eigenvalue weighted by molar-refractivity contribution is -0.153. The highest BCUT2D eigenvalue weighted by molar-refractivity contribution is 5.67. The summed E-state index contributed by atoms with van der Waals surface area (Å²) in [4.78, 5) is 43.9. The Bertz CT molecular complexity index is 392. The van der Waals surface area contributed by atoms with Crippen LogP contribution in [0.15, 0.2) is 0 Å². The molecule has 8 heteroatoms. The molecule has 0 aromatic heterocycles. The predicted octanol–water partition coefficient (Wildman–Crippen LogP) is 1.54.